The Labute approximate surface area is 149 Å². The summed E-state index contributed by atoms with van der Waals surface area (Å²) in [7, 11) is 1.43. The molecule has 3 rings (SSSR count). The lowest BCUT2D eigenvalue weighted by Crippen LogP contribution is -3.14. The molecule has 0 amide bonds. The molecule has 24 heavy (non-hydrogen) atoms. The second-order valence-corrected chi connectivity index (χ2v) is 7.33. The van der Waals surface area contributed by atoms with Gasteiger partial charge in [0.25, 0.3) is 4.84 Å². The zero-order chi connectivity index (χ0) is 16.9. The van der Waals surface area contributed by atoms with Crippen LogP contribution < -0.4 is 4.90 Å². The van der Waals surface area contributed by atoms with E-state index in [0.717, 1.165) is 17.9 Å². The van der Waals surface area contributed by atoms with Gasteiger partial charge in [0.05, 0.1) is 20.1 Å². The fourth-order valence-corrected chi connectivity index (χ4v) is 4.18. The van der Waals surface area contributed by atoms with Crippen LogP contribution in [0, 0.1) is 4.84 Å². The standard InChI is InChI=1S/C16H19N3O3S2/c1-21-15(20)13-10-18(7-8-24-13)11-19-16(23)22-14(17-19)9-12-5-3-2-4-6-12/h2-6,13H,7-11H2,1H3/p+1/t13-/m1/s1. The molecule has 2 atom stereocenters. The van der Waals surface area contributed by atoms with Gasteiger partial charge < -0.3 is 14.1 Å². The number of esters is 1. The van der Waals surface area contributed by atoms with E-state index in [9.17, 15) is 4.79 Å². The molecule has 0 spiro atoms. The number of benzene rings is 1. The van der Waals surface area contributed by atoms with Crippen molar-refractivity contribution < 1.29 is 18.8 Å². The molecule has 8 heteroatoms. The quantitative estimate of drug-likeness (QED) is 0.627. The van der Waals surface area contributed by atoms with E-state index in [1.165, 1.54) is 12.0 Å². The summed E-state index contributed by atoms with van der Waals surface area (Å²) in [6.07, 6.45) is 0.619. The smallest absolute Gasteiger partial charge is 0.324 e. The molecule has 1 fully saturated rings. The second-order valence-electron chi connectivity index (χ2n) is 5.67. The molecule has 128 valence electrons. The van der Waals surface area contributed by atoms with E-state index in [1.807, 2.05) is 30.3 Å². The summed E-state index contributed by atoms with van der Waals surface area (Å²) in [6.45, 7) is 2.27. The van der Waals surface area contributed by atoms with Gasteiger partial charge in [-0.3, -0.25) is 4.79 Å². The monoisotopic (exact) mass is 366 g/mol. The minimum absolute atomic E-state index is 0.122. The summed E-state index contributed by atoms with van der Waals surface area (Å²) < 4.78 is 12.2. The molecule has 6 nitrogen and oxygen atoms in total. The van der Waals surface area contributed by atoms with E-state index in [0.29, 0.717) is 30.4 Å². The van der Waals surface area contributed by atoms with Crippen molar-refractivity contribution in [3.8, 4) is 0 Å². The number of hydrogen-bond donors (Lipinski definition) is 1. The summed E-state index contributed by atoms with van der Waals surface area (Å²) in [5, 5.41) is 4.37. The van der Waals surface area contributed by atoms with Crippen molar-refractivity contribution in [3.63, 3.8) is 0 Å². The van der Waals surface area contributed by atoms with Crippen molar-refractivity contribution in [1.29, 1.82) is 0 Å². The maximum atomic E-state index is 11.7. The highest BCUT2D eigenvalue weighted by molar-refractivity contribution is 8.00. The van der Waals surface area contributed by atoms with Crippen molar-refractivity contribution in [2.75, 3.05) is 26.0 Å². The van der Waals surface area contributed by atoms with Crippen LogP contribution in [0.3, 0.4) is 0 Å². The van der Waals surface area contributed by atoms with E-state index >= 15 is 0 Å². The summed E-state index contributed by atoms with van der Waals surface area (Å²) in [5.74, 6) is 1.36. The Morgan fingerprint density at radius 2 is 2.29 bits per heavy atom. The molecule has 1 aliphatic rings. The Morgan fingerprint density at radius 3 is 3.04 bits per heavy atom. The molecule has 0 bridgehead atoms. The number of aromatic nitrogens is 2. The Hall–Kier alpha value is -1.64. The molecule has 1 saturated heterocycles. The summed E-state index contributed by atoms with van der Waals surface area (Å²) >= 11 is 6.93. The molecule has 2 heterocycles. The van der Waals surface area contributed by atoms with Gasteiger partial charge in [0.2, 0.25) is 5.89 Å². The van der Waals surface area contributed by atoms with E-state index < -0.39 is 0 Å². The third-order valence-electron chi connectivity index (χ3n) is 3.93. The van der Waals surface area contributed by atoms with Gasteiger partial charge in [-0.2, -0.15) is 4.68 Å². The van der Waals surface area contributed by atoms with E-state index in [4.69, 9.17) is 21.4 Å². The number of methoxy groups -OCH3 is 1. The van der Waals surface area contributed by atoms with Crippen molar-refractivity contribution in [2.24, 2.45) is 0 Å². The molecular formula is C16H20N3O3S2+. The van der Waals surface area contributed by atoms with Crippen molar-refractivity contribution >= 4 is 29.9 Å². The number of quaternary nitrogens is 1. The maximum absolute atomic E-state index is 11.7. The van der Waals surface area contributed by atoms with Crippen LogP contribution in [0.25, 0.3) is 0 Å². The topological polar surface area (TPSA) is 61.7 Å². The number of carbonyl (C=O) groups excluding carboxylic acids is 1. The van der Waals surface area contributed by atoms with Crippen LogP contribution in [0.2, 0.25) is 0 Å². The first-order valence-electron chi connectivity index (χ1n) is 7.79. The lowest BCUT2D eigenvalue weighted by molar-refractivity contribution is -0.921. The van der Waals surface area contributed by atoms with Crippen LogP contribution in [-0.2, 0) is 22.6 Å². The van der Waals surface area contributed by atoms with Gasteiger partial charge in [-0.15, -0.1) is 16.9 Å². The Bertz CT molecular complexity index is 745. The third-order valence-corrected chi connectivity index (χ3v) is 5.43. The maximum Gasteiger partial charge on any atom is 0.324 e. The van der Waals surface area contributed by atoms with Crippen LogP contribution in [-0.4, -0.2) is 47.0 Å². The van der Waals surface area contributed by atoms with Gasteiger partial charge in [0.1, 0.15) is 6.54 Å². The fourth-order valence-electron chi connectivity index (χ4n) is 2.70. The predicted molar refractivity (Wildman–Crippen MR) is 93.5 cm³/mol. The first kappa shape index (κ1) is 17.2. The predicted octanol–water partition coefficient (Wildman–Crippen LogP) is 0.927. The third kappa shape index (κ3) is 4.25. The number of nitrogens with zero attached hydrogens (tertiary/aromatic N) is 2. The molecule has 0 aliphatic carbocycles. The van der Waals surface area contributed by atoms with Crippen LogP contribution >= 0.6 is 24.0 Å². The Kier molecular flexibility index (Phi) is 5.70. The molecule has 1 unspecified atom stereocenters. The molecule has 2 aromatic rings. The van der Waals surface area contributed by atoms with Crippen molar-refractivity contribution in [1.82, 2.24) is 9.78 Å². The Balaban J connectivity index is 1.65. The number of hydrogen-bond acceptors (Lipinski definition) is 6. The van der Waals surface area contributed by atoms with Gasteiger partial charge in [-0.25, -0.2) is 0 Å². The molecule has 1 aromatic heterocycles. The number of thioether (sulfide) groups is 1. The van der Waals surface area contributed by atoms with Crippen molar-refractivity contribution in [2.45, 2.75) is 18.3 Å². The molecule has 0 radical (unpaired) electrons. The van der Waals surface area contributed by atoms with Crippen LogP contribution in [0.1, 0.15) is 11.5 Å². The molecular weight excluding hydrogens is 346 g/mol. The zero-order valence-electron chi connectivity index (χ0n) is 13.4. The SMILES string of the molecule is COC(=O)[C@H]1C[NH+](Cn2nc(Cc3ccccc3)oc2=S)CCS1. The van der Waals surface area contributed by atoms with Crippen LogP contribution in [0.5, 0.6) is 0 Å². The normalized spacial score (nSPS) is 20.7. The highest BCUT2D eigenvalue weighted by Crippen LogP contribution is 2.13. The summed E-state index contributed by atoms with van der Waals surface area (Å²) in [4.78, 5) is 13.3. The number of carbonyl (C=O) groups is 1. The first-order valence-corrected chi connectivity index (χ1v) is 9.25. The fraction of sp³-hybridized carbons (Fsp3) is 0.438. The molecule has 0 saturated carbocycles. The minimum atomic E-state index is -0.161. The molecule has 1 aliphatic heterocycles. The summed E-state index contributed by atoms with van der Waals surface area (Å²) in [6, 6.07) is 10.0. The van der Waals surface area contributed by atoms with Gasteiger partial charge in [-0.1, -0.05) is 30.3 Å². The highest BCUT2D eigenvalue weighted by atomic mass is 32.2. The zero-order valence-corrected chi connectivity index (χ0v) is 15.1. The van der Waals surface area contributed by atoms with Crippen LogP contribution in [0.4, 0.5) is 0 Å². The summed E-state index contributed by atoms with van der Waals surface area (Å²) in [5.41, 5.74) is 1.13. The second kappa shape index (κ2) is 7.96. The van der Waals surface area contributed by atoms with Gasteiger partial charge in [0.15, 0.2) is 11.9 Å². The largest absolute Gasteiger partial charge is 0.468 e. The number of ether oxygens (including phenoxy) is 1. The number of rotatable bonds is 5. The van der Waals surface area contributed by atoms with Crippen LogP contribution in [0.15, 0.2) is 34.7 Å². The van der Waals surface area contributed by atoms with Gasteiger partial charge >= 0.3 is 5.97 Å². The average Bonchev–Trinajstić information content (AvgIpc) is 2.94. The van der Waals surface area contributed by atoms with Crippen molar-refractivity contribution in [3.05, 3.63) is 46.6 Å². The van der Waals surface area contributed by atoms with E-state index in [-0.39, 0.29) is 11.2 Å². The lowest BCUT2D eigenvalue weighted by atomic mass is 10.2. The van der Waals surface area contributed by atoms with Gasteiger partial charge in [0, 0.05) is 5.75 Å². The lowest BCUT2D eigenvalue weighted by Gasteiger charge is -2.27. The number of nitrogens with one attached hydrogen (secondary N) is 1. The highest BCUT2D eigenvalue weighted by Gasteiger charge is 2.30. The first-order chi connectivity index (χ1) is 11.7. The molecule has 1 aromatic carbocycles. The van der Waals surface area contributed by atoms with Gasteiger partial charge in [-0.05, 0) is 17.8 Å². The average molecular weight is 366 g/mol. The molecule has 1 N–H and O–H groups in total. The Morgan fingerprint density at radius 1 is 1.50 bits per heavy atom. The van der Waals surface area contributed by atoms with E-state index in [2.05, 4.69) is 5.10 Å². The van der Waals surface area contributed by atoms with E-state index in [1.54, 1.807) is 16.4 Å². The minimum Gasteiger partial charge on any atom is -0.468 e.